The molecule has 7 nitrogen and oxygen atoms in total. The average Bonchev–Trinajstić information content (AvgIpc) is 2.58. The smallest absolute Gasteiger partial charge is 0.326 e. The zero-order valence-electron chi connectivity index (χ0n) is 10.8. The van der Waals surface area contributed by atoms with Gasteiger partial charge >= 0.3 is 5.97 Å². The van der Waals surface area contributed by atoms with Gasteiger partial charge in [0.1, 0.15) is 17.7 Å². The molecule has 0 unspecified atom stereocenters. The van der Waals surface area contributed by atoms with Crippen LogP contribution in [-0.4, -0.2) is 31.1 Å². The van der Waals surface area contributed by atoms with Crippen molar-refractivity contribution < 1.29 is 9.53 Å². The molecule has 0 bridgehead atoms. The van der Waals surface area contributed by atoms with Crippen molar-refractivity contribution in [3.05, 3.63) is 11.5 Å². The maximum atomic E-state index is 11.8. The first-order valence-corrected chi connectivity index (χ1v) is 6.00. The highest BCUT2D eigenvalue weighted by molar-refractivity contribution is 6.33. The van der Waals surface area contributed by atoms with Gasteiger partial charge in [-0.2, -0.15) is 9.97 Å². The van der Waals surface area contributed by atoms with E-state index in [9.17, 15) is 4.79 Å². The summed E-state index contributed by atoms with van der Waals surface area (Å²) in [5.74, 6) is -0.358. The maximum absolute atomic E-state index is 11.8. The second-order valence-electron chi connectivity index (χ2n) is 5.00. The fourth-order valence-electron chi connectivity index (χ4n) is 1.55. The predicted octanol–water partition coefficient (Wildman–Crippen LogP) is 1.40. The molecule has 2 heterocycles. The van der Waals surface area contributed by atoms with Crippen LogP contribution in [0.25, 0.3) is 11.2 Å². The summed E-state index contributed by atoms with van der Waals surface area (Å²) >= 11 is 5.90. The van der Waals surface area contributed by atoms with Crippen LogP contribution in [0.1, 0.15) is 20.8 Å². The van der Waals surface area contributed by atoms with E-state index in [2.05, 4.69) is 15.0 Å². The van der Waals surface area contributed by atoms with E-state index in [0.717, 1.165) is 0 Å². The zero-order valence-corrected chi connectivity index (χ0v) is 11.6. The summed E-state index contributed by atoms with van der Waals surface area (Å²) in [5, 5.41) is 0.158. The van der Waals surface area contributed by atoms with Gasteiger partial charge in [-0.3, -0.25) is 4.79 Å². The number of anilines is 1. The number of carbonyl (C=O) groups excluding carboxylic acids is 1. The van der Waals surface area contributed by atoms with E-state index in [4.69, 9.17) is 22.1 Å². The molecule has 2 aromatic heterocycles. The van der Waals surface area contributed by atoms with Crippen LogP contribution in [-0.2, 0) is 16.1 Å². The van der Waals surface area contributed by atoms with Crippen molar-refractivity contribution in [1.29, 1.82) is 0 Å². The number of fused-ring (bicyclic) bond motifs is 1. The summed E-state index contributed by atoms with van der Waals surface area (Å²) in [6, 6.07) is 0. The second-order valence-corrected chi connectivity index (χ2v) is 5.36. The number of hydrogen-bond donors (Lipinski definition) is 1. The number of halogens is 1. The lowest BCUT2D eigenvalue weighted by Gasteiger charge is -2.19. The standard InChI is InChI=1S/C11H14ClN5O2/c1-11(2,3)19-6(18)4-17-5-14-7-8(12)15-10(13)16-9(7)17/h5H,4H2,1-3H3,(H2,13,15,16). The summed E-state index contributed by atoms with van der Waals surface area (Å²) in [5.41, 5.74) is 5.79. The number of esters is 1. The summed E-state index contributed by atoms with van der Waals surface area (Å²) in [4.78, 5) is 23.6. The maximum Gasteiger partial charge on any atom is 0.326 e. The van der Waals surface area contributed by atoms with E-state index >= 15 is 0 Å². The topological polar surface area (TPSA) is 95.9 Å². The predicted molar refractivity (Wildman–Crippen MR) is 70.6 cm³/mol. The first kappa shape index (κ1) is 13.5. The molecule has 0 saturated heterocycles. The summed E-state index contributed by atoms with van der Waals surface area (Å²) in [7, 11) is 0. The third-order valence-corrected chi connectivity index (χ3v) is 2.42. The number of imidazole rings is 1. The molecule has 0 radical (unpaired) electrons. The molecule has 0 aliphatic rings. The van der Waals surface area contributed by atoms with Gasteiger partial charge < -0.3 is 15.0 Å². The number of nitrogens with zero attached hydrogens (tertiary/aromatic N) is 4. The molecule has 2 rings (SSSR count). The lowest BCUT2D eigenvalue weighted by Crippen LogP contribution is -2.26. The molecule has 0 saturated carbocycles. The number of rotatable bonds is 2. The van der Waals surface area contributed by atoms with Gasteiger partial charge in [-0.15, -0.1) is 0 Å². The Morgan fingerprint density at radius 1 is 1.47 bits per heavy atom. The molecular formula is C11H14ClN5O2. The lowest BCUT2D eigenvalue weighted by atomic mass is 10.2. The van der Waals surface area contributed by atoms with Crippen molar-refractivity contribution in [3.8, 4) is 0 Å². The highest BCUT2D eigenvalue weighted by Crippen LogP contribution is 2.19. The first-order valence-electron chi connectivity index (χ1n) is 5.62. The number of aromatic nitrogens is 4. The van der Waals surface area contributed by atoms with Gasteiger partial charge in [0, 0.05) is 0 Å². The molecule has 19 heavy (non-hydrogen) atoms. The molecule has 0 atom stereocenters. The Bertz CT molecular complexity index is 632. The van der Waals surface area contributed by atoms with Crippen molar-refractivity contribution in [2.24, 2.45) is 0 Å². The third kappa shape index (κ3) is 3.11. The van der Waals surface area contributed by atoms with Crippen LogP contribution in [0.5, 0.6) is 0 Å². The SMILES string of the molecule is CC(C)(C)OC(=O)Cn1cnc2c(Cl)nc(N)nc21. The monoisotopic (exact) mass is 283 g/mol. The molecular weight excluding hydrogens is 270 g/mol. The fraction of sp³-hybridized carbons (Fsp3) is 0.455. The Balaban J connectivity index is 2.29. The molecule has 0 spiro atoms. The molecule has 0 aliphatic carbocycles. The number of ether oxygens (including phenoxy) is 1. The number of nitrogens with two attached hydrogens (primary N) is 1. The van der Waals surface area contributed by atoms with Crippen molar-refractivity contribution >= 4 is 34.7 Å². The zero-order chi connectivity index (χ0) is 14.2. The Morgan fingerprint density at radius 2 is 2.16 bits per heavy atom. The molecule has 0 aliphatic heterocycles. The number of carbonyl (C=O) groups is 1. The van der Waals surface area contributed by atoms with Crippen LogP contribution < -0.4 is 5.73 Å². The number of hydrogen-bond acceptors (Lipinski definition) is 6. The van der Waals surface area contributed by atoms with Gasteiger partial charge in [0.05, 0.1) is 6.33 Å². The number of nitrogen functional groups attached to an aromatic ring is 1. The summed E-state index contributed by atoms with van der Waals surface area (Å²) in [6.45, 7) is 5.39. The Kier molecular flexibility index (Phi) is 3.32. The van der Waals surface area contributed by atoms with Crippen LogP contribution >= 0.6 is 11.6 Å². The van der Waals surface area contributed by atoms with Gasteiger partial charge in [-0.05, 0) is 20.8 Å². The highest BCUT2D eigenvalue weighted by Gasteiger charge is 2.18. The molecule has 2 N–H and O–H groups in total. The van der Waals surface area contributed by atoms with E-state index in [0.29, 0.717) is 11.2 Å². The molecule has 0 amide bonds. The second kappa shape index (κ2) is 4.65. The highest BCUT2D eigenvalue weighted by atomic mass is 35.5. The third-order valence-electron chi connectivity index (χ3n) is 2.16. The van der Waals surface area contributed by atoms with Crippen molar-refractivity contribution in [2.45, 2.75) is 32.9 Å². The van der Waals surface area contributed by atoms with Gasteiger partial charge in [0.15, 0.2) is 10.8 Å². The largest absolute Gasteiger partial charge is 0.459 e. The molecule has 2 aromatic rings. The average molecular weight is 284 g/mol. The van der Waals surface area contributed by atoms with E-state index in [1.54, 1.807) is 20.8 Å². The quantitative estimate of drug-likeness (QED) is 0.661. The van der Waals surface area contributed by atoms with Crippen LogP contribution in [0, 0.1) is 0 Å². The van der Waals surface area contributed by atoms with Crippen molar-refractivity contribution in [3.63, 3.8) is 0 Å². The van der Waals surface area contributed by atoms with Gasteiger partial charge in [-0.1, -0.05) is 11.6 Å². The van der Waals surface area contributed by atoms with Gasteiger partial charge in [0.2, 0.25) is 5.95 Å². The summed E-state index contributed by atoms with van der Waals surface area (Å²) in [6.07, 6.45) is 1.45. The Hall–Kier alpha value is -1.89. The normalized spacial score (nSPS) is 11.8. The van der Waals surface area contributed by atoms with E-state index < -0.39 is 5.60 Å². The molecule has 102 valence electrons. The van der Waals surface area contributed by atoms with Gasteiger partial charge in [-0.25, -0.2) is 4.98 Å². The minimum Gasteiger partial charge on any atom is -0.459 e. The lowest BCUT2D eigenvalue weighted by molar-refractivity contribution is -0.155. The van der Waals surface area contributed by atoms with Crippen LogP contribution in [0.2, 0.25) is 5.15 Å². The van der Waals surface area contributed by atoms with Crippen LogP contribution in [0.3, 0.4) is 0 Å². The van der Waals surface area contributed by atoms with Crippen LogP contribution in [0.15, 0.2) is 6.33 Å². The van der Waals surface area contributed by atoms with E-state index in [1.807, 2.05) is 0 Å². The summed E-state index contributed by atoms with van der Waals surface area (Å²) < 4.78 is 6.75. The minimum atomic E-state index is -0.543. The van der Waals surface area contributed by atoms with Crippen molar-refractivity contribution in [1.82, 2.24) is 19.5 Å². The Morgan fingerprint density at radius 3 is 2.79 bits per heavy atom. The van der Waals surface area contributed by atoms with Gasteiger partial charge in [0.25, 0.3) is 0 Å². The molecule has 0 fully saturated rings. The van der Waals surface area contributed by atoms with E-state index in [1.165, 1.54) is 10.9 Å². The minimum absolute atomic E-state index is 0.0133. The van der Waals surface area contributed by atoms with E-state index in [-0.39, 0.29) is 23.6 Å². The fourth-order valence-corrected chi connectivity index (χ4v) is 1.77. The molecule has 8 heteroatoms. The molecule has 0 aromatic carbocycles. The Labute approximate surface area is 114 Å². The van der Waals surface area contributed by atoms with Crippen LogP contribution in [0.4, 0.5) is 5.95 Å². The van der Waals surface area contributed by atoms with Crippen molar-refractivity contribution in [2.75, 3.05) is 5.73 Å². The first-order chi connectivity index (χ1) is 8.76.